The highest BCUT2D eigenvalue weighted by Gasteiger charge is 2.23. The van der Waals surface area contributed by atoms with E-state index in [-0.39, 0.29) is 11.8 Å². The van der Waals surface area contributed by atoms with Gasteiger partial charge in [-0.3, -0.25) is 4.79 Å². The highest BCUT2D eigenvalue weighted by Crippen LogP contribution is 2.31. The second-order valence-electron chi connectivity index (χ2n) is 5.96. The monoisotopic (exact) mass is 297 g/mol. The summed E-state index contributed by atoms with van der Waals surface area (Å²) in [6.45, 7) is 2.05. The molecule has 1 unspecified atom stereocenters. The van der Waals surface area contributed by atoms with Gasteiger partial charge in [-0.2, -0.15) is 5.10 Å². The van der Waals surface area contributed by atoms with Gasteiger partial charge in [0.05, 0.1) is 18.2 Å². The number of hydrogen-bond acceptors (Lipinski definition) is 2. The Bertz CT molecular complexity index is 614. The van der Waals surface area contributed by atoms with Crippen LogP contribution in [0.5, 0.6) is 0 Å². The lowest BCUT2D eigenvalue weighted by Crippen LogP contribution is -2.23. The molecule has 2 aromatic rings. The minimum absolute atomic E-state index is 0.0495. The van der Waals surface area contributed by atoms with E-state index in [1.165, 1.54) is 12.8 Å². The van der Waals surface area contributed by atoms with Crippen molar-refractivity contribution in [3.8, 4) is 0 Å². The van der Waals surface area contributed by atoms with Gasteiger partial charge in [0.1, 0.15) is 5.82 Å². The van der Waals surface area contributed by atoms with Crippen LogP contribution in [-0.2, 0) is 4.79 Å². The van der Waals surface area contributed by atoms with E-state index in [1.54, 1.807) is 6.20 Å². The summed E-state index contributed by atoms with van der Waals surface area (Å²) < 4.78 is 1.99. The molecule has 3 rings (SSSR count). The van der Waals surface area contributed by atoms with E-state index >= 15 is 0 Å². The van der Waals surface area contributed by atoms with Gasteiger partial charge < -0.3 is 5.32 Å². The quantitative estimate of drug-likeness (QED) is 0.902. The first-order chi connectivity index (χ1) is 10.8. The van der Waals surface area contributed by atoms with Crippen molar-refractivity contribution in [3.05, 3.63) is 48.2 Å². The van der Waals surface area contributed by atoms with Crippen molar-refractivity contribution < 1.29 is 4.79 Å². The molecule has 0 aliphatic heterocycles. The van der Waals surface area contributed by atoms with Crippen LogP contribution >= 0.6 is 0 Å². The van der Waals surface area contributed by atoms with E-state index in [9.17, 15) is 4.79 Å². The average Bonchev–Trinajstić information content (AvgIpc) is 3.20. The Morgan fingerprint density at radius 2 is 2.00 bits per heavy atom. The van der Waals surface area contributed by atoms with Crippen molar-refractivity contribution in [2.75, 3.05) is 5.32 Å². The molecule has 0 bridgehead atoms. The Hall–Kier alpha value is -2.10. The van der Waals surface area contributed by atoms with Gasteiger partial charge in [0, 0.05) is 6.07 Å². The minimum Gasteiger partial charge on any atom is -0.310 e. The molecule has 1 amide bonds. The van der Waals surface area contributed by atoms with Crippen molar-refractivity contribution in [2.45, 2.75) is 51.0 Å². The highest BCUT2D eigenvalue weighted by molar-refractivity contribution is 5.95. The van der Waals surface area contributed by atoms with Crippen molar-refractivity contribution in [3.63, 3.8) is 0 Å². The van der Waals surface area contributed by atoms with Crippen LogP contribution in [0.2, 0.25) is 0 Å². The molecular weight excluding hydrogens is 274 g/mol. The summed E-state index contributed by atoms with van der Waals surface area (Å²) in [4.78, 5) is 12.7. The molecule has 116 valence electrons. The predicted octanol–water partition coefficient (Wildman–Crippen LogP) is 4.13. The molecule has 1 N–H and O–H groups in total. The van der Waals surface area contributed by atoms with Gasteiger partial charge in [-0.1, -0.05) is 50.1 Å². The second-order valence-corrected chi connectivity index (χ2v) is 5.96. The summed E-state index contributed by atoms with van der Waals surface area (Å²) in [5.41, 5.74) is 1.06. The molecule has 1 saturated carbocycles. The lowest BCUT2D eigenvalue weighted by Gasteiger charge is -2.18. The normalized spacial score (nSPS) is 16.6. The Morgan fingerprint density at radius 3 is 2.68 bits per heavy atom. The van der Waals surface area contributed by atoms with Crippen LogP contribution in [-0.4, -0.2) is 15.7 Å². The summed E-state index contributed by atoms with van der Waals surface area (Å²) in [7, 11) is 0. The smallest absolute Gasteiger partial charge is 0.233 e. The molecule has 0 radical (unpaired) electrons. The maximum absolute atomic E-state index is 12.7. The number of rotatable bonds is 5. The molecule has 4 nitrogen and oxygen atoms in total. The predicted molar refractivity (Wildman–Crippen MR) is 87.8 cm³/mol. The fraction of sp³-hybridized carbons (Fsp3) is 0.444. The van der Waals surface area contributed by atoms with Gasteiger partial charge in [0.15, 0.2) is 0 Å². The zero-order chi connectivity index (χ0) is 15.4. The molecule has 1 atom stereocenters. The van der Waals surface area contributed by atoms with Crippen LogP contribution in [0.1, 0.15) is 56.6 Å². The van der Waals surface area contributed by atoms with E-state index in [2.05, 4.69) is 10.4 Å². The number of anilines is 1. The minimum atomic E-state index is -0.117. The highest BCUT2D eigenvalue weighted by atomic mass is 16.2. The van der Waals surface area contributed by atoms with Crippen molar-refractivity contribution in [1.29, 1.82) is 0 Å². The maximum atomic E-state index is 12.7. The fourth-order valence-electron chi connectivity index (χ4n) is 3.32. The third kappa shape index (κ3) is 3.06. The van der Waals surface area contributed by atoms with E-state index in [0.717, 1.165) is 30.6 Å². The standard InChI is InChI=1S/C18H23N3O/c1-2-16(14-8-4-3-5-9-14)18(22)20-17-12-13-19-21(17)15-10-6-7-11-15/h3-5,8-9,12-13,15-16H,2,6-7,10-11H2,1H3,(H,20,22). The van der Waals surface area contributed by atoms with Gasteiger partial charge in [0.25, 0.3) is 0 Å². The number of nitrogens with zero attached hydrogens (tertiary/aromatic N) is 2. The van der Waals surface area contributed by atoms with Gasteiger partial charge in [-0.05, 0) is 24.8 Å². The SMILES string of the molecule is CCC(C(=O)Nc1ccnn1C1CCCC1)c1ccccc1. The Kier molecular flexibility index (Phi) is 4.56. The summed E-state index contributed by atoms with van der Waals surface area (Å²) in [6, 6.07) is 12.3. The molecule has 22 heavy (non-hydrogen) atoms. The first kappa shape index (κ1) is 14.8. The summed E-state index contributed by atoms with van der Waals surface area (Å²) in [5.74, 6) is 0.757. The largest absolute Gasteiger partial charge is 0.310 e. The summed E-state index contributed by atoms with van der Waals surface area (Å²) in [5, 5.41) is 7.49. The van der Waals surface area contributed by atoms with Gasteiger partial charge >= 0.3 is 0 Å². The Balaban J connectivity index is 1.75. The number of nitrogens with one attached hydrogen (secondary N) is 1. The molecule has 1 aromatic heterocycles. The number of carbonyl (C=O) groups is 1. The molecule has 1 fully saturated rings. The van der Waals surface area contributed by atoms with Crippen LogP contribution in [0.25, 0.3) is 0 Å². The molecule has 4 heteroatoms. The zero-order valence-electron chi connectivity index (χ0n) is 13.0. The molecule has 1 aromatic carbocycles. The number of benzene rings is 1. The molecule has 1 aliphatic rings. The van der Waals surface area contributed by atoms with Crippen LogP contribution in [0.3, 0.4) is 0 Å². The summed E-state index contributed by atoms with van der Waals surface area (Å²) in [6.07, 6.45) is 7.37. The van der Waals surface area contributed by atoms with E-state index < -0.39 is 0 Å². The third-order valence-electron chi connectivity index (χ3n) is 4.52. The summed E-state index contributed by atoms with van der Waals surface area (Å²) >= 11 is 0. The first-order valence-electron chi connectivity index (χ1n) is 8.19. The lowest BCUT2D eigenvalue weighted by molar-refractivity contribution is -0.117. The topological polar surface area (TPSA) is 46.9 Å². The van der Waals surface area contributed by atoms with Crippen molar-refractivity contribution in [1.82, 2.24) is 9.78 Å². The van der Waals surface area contributed by atoms with Crippen LogP contribution < -0.4 is 5.32 Å². The maximum Gasteiger partial charge on any atom is 0.233 e. The number of amides is 1. The third-order valence-corrected chi connectivity index (χ3v) is 4.52. The molecule has 0 spiro atoms. The van der Waals surface area contributed by atoms with Crippen LogP contribution in [0.15, 0.2) is 42.6 Å². The first-order valence-corrected chi connectivity index (χ1v) is 8.19. The zero-order valence-corrected chi connectivity index (χ0v) is 13.0. The number of carbonyl (C=O) groups excluding carboxylic acids is 1. The van der Waals surface area contributed by atoms with Crippen LogP contribution in [0, 0.1) is 0 Å². The molecule has 1 aliphatic carbocycles. The fourth-order valence-corrected chi connectivity index (χ4v) is 3.32. The average molecular weight is 297 g/mol. The van der Waals surface area contributed by atoms with E-state index in [4.69, 9.17) is 0 Å². The van der Waals surface area contributed by atoms with Gasteiger partial charge in [-0.25, -0.2) is 4.68 Å². The van der Waals surface area contributed by atoms with Crippen LogP contribution in [0.4, 0.5) is 5.82 Å². The number of hydrogen-bond donors (Lipinski definition) is 1. The Labute approximate surface area is 131 Å². The van der Waals surface area contributed by atoms with Crippen molar-refractivity contribution in [2.24, 2.45) is 0 Å². The Morgan fingerprint density at radius 1 is 1.27 bits per heavy atom. The number of aromatic nitrogens is 2. The molecule has 0 saturated heterocycles. The second kappa shape index (κ2) is 6.77. The van der Waals surface area contributed by atoms with Gasteiger partial charge in [-0.15, -0.1) is 0 Å². The molecular formula is C18H23N3O. The molecule has 1 heterocycles. The van der Waals surface area contributed by atoms with Gasteiger partial charge in [0.2, 0.25) is 5.91 Å². The van der Waals surface area contributed by atoms with Crippen molar-refractivity contribution >= 4 is 11.7 Å². The van der Waals surface area contributed by atoms with E-state index in [0.29, 0.717) is 6.04 Å². The van der Waals surface area contributed by atoms with E-state index in [1.807, 2.05) is 48.0 Å². The lowest BCUT2D eigenvalue weighted by atomic mass is 9.96.